The average molecular weight is 366 g/mol. The minimum Gasteiger partial charge on any atom is -0.357 e. The molecule has 1 saturated heterocycles. The number of likely N-dealkylation sites (tertiary alicyclic amines) is 1. The highest BCUT2D eigenvalue weighted by molar-refractivity contribution is 7.16. The van der Waals surface area contributed by atoms with Crippen molar-refractivity contribution >= 4 is 34.1 Å². The maximum atomic E-state index is 13.0. The maximum Gasteiger partial charge on any atom is 0.257 e. The Morgan fingerprint density at radius 3 is 2.52 bits per heavy atom. The molecule has 1 aromatic heterocycles. The summed E-state index contributed by atoms with van der Waals surface area (Å²) in [6.45, 7) is 7.63. The van der Waals surface area contributed by atoms with Gasteiger partial charge in [-0.3, -0.25) is 14.4 Å². The molecule has 0 aromatic carbocycles. The Kier molecular flexibility index (Phi) is 5.53. The molecule has 0 aliphatic carbocycles. The van der Waals surface area contributed by atoms with Crippen LogP contribution in [0.4, 0.5) is 5.00 Å². The normalized spacial score (nSPS) is 20.5. The van der Waals surface area contributed by atoms with Gasteiger partial charge in [-0.2, -0.15) is 0 Å². The largest absolute Gasteiger partial charge is 0.357 e. The molecular weight excluding hydrogens is 340 g/mol. The third kappa shape index (κ3) is 4.19. The number of carbonyl (C=O) groups excluding carboxylic acids is 3. The number of aryl methyl sites for hydroxylation is 1. The van der Waals surface area contributed by atoms with E-state index in [2.05, 4.69) is 10.6 Å². The standard InChI is InChI=1S/C17H26N4O3S/c1-9-6-11(14(25-9)20-16(24)17(2,3)4)15(23)21-8-10(18)7-12(21)13(22)19-5/h6,10,12H,7-8,18H2,1-5H3,(H,19,22)(H,20,24)/t10-,12-/m0/s1. The second kappa shape index (κ2) is 7.13. The number of likely N-dealkylation sites (N-methyl/N-ethyl adjacent to an activating group) is 1. The maximum absolute atomic E-state index is 13.0. The summed E-state index contributed by atoms with van der Waals surface area (Å²) in [5.41, 5.74) is 5.80. The third-order valence-electron chi connectivity index (χ3n) is 4.14. The molecule has 0 unspecified atom stereocenters. The molecule has 8 heteroatoms. The second-order valence-electron chi connectivity index (χ2n) is 7.39. The molecule has 1 fully saturated rings. The molecule has 0 radical (unpaired) electrons. The topological polar surface area (TPSA) is 105 Å². The lowest BCUT2D eigenvalue weighted by Crippen LogP contribution is -2.45. The number of nitrogens with two attached hydrogens (primary N) is 1. The predicted molar refractivity (Wildman–Crippen MR) is 98.6 cm³/mol. The molecular formula is C17H26N4O3S. The van der Waals surface area contributed by atoms with Gasteiger partial charge < -0.3 is 21.3 Å². The Morgan fingerprint density at radius 1 is 1.32 bits per heavy atom. The summed E-state index contributed by atoms with van der Waals surface area (Å²) >= 11 is 1.35. The molecule has 2 rings (SSSR count). The average Bonchev–Trinajstić information content (AvgIpc) is 3.07. The Balaban J connectivity index is 2.30. The van der Waals surface area contributed by atoms with Crippen molar-refractivity contribution in [1.29, 1.82) is 0 Å². The molecule has 2 atom stereocenters. The Labute approximate surface area is 151 Å². The monoisotopic (exact) mass is 366 g/mol. The van der Waals surface area contributed by atoms with Crippen molar-refractivity contribution in [2.75, 3.05) is 18.9 Å². The van der Waals surface area contributed by atoms with E-state index in [0.29, 0.717) is 23.5 Å². The molecule has 0 saturated carbocycles. The lowest BCUT2D eigenvalue weighted by atomic mass is 9.96. The van der Waals surface area contributed by atoms with Gasteiger partial charge in [0.15, 0.2) is 0 Å². The van der Waals surface area contributed by atoms with Crippen LogP contribution in [-0.2, 0) is 9.59 Å². The summed E-state index contributed by atoms with van der Waals surface area (Å²) in [6, 6.07) is 0.924. The number of amides is 3. The fourth-order valence-corrected chi connectivity index (χ4v) is 3.62. The number of nitrogens with zero attached hydrogens (tertiary/aromatic N) is 1. The van der Waals surface area contributed by atoms with E-state index in [-0.39, 0.29) is 23.8 Å². The first-order valence-electron chi connectivity index (χ1n) is 8.24. The molecule has 4 N–H and O–H groups in total. The van der Waals surface area contributed by atoms with E-state index < -0.39 is 11.5 Å². The van der Waals surface area contributed by atoms with Crippen LogP contribution < -0.4 is 16.4 Å². The summed E-state index contributed by atoms with van der Waals surface area (Å²) in [6.07, 6.45) is 0.429. The Hall–Kier alpha value is -1.93. The van der Waals surface area contributed by atoms with Crippen LogP contribution in [0.1, 0.15) is 42.4 Å². The number of hydrogen-bond donors (Lipinski definition) is 3. The minimum atomic E-state index is -0.584. The van der Waals surface area contributed by atoms with Crippen molar-refractivity contribution in [3.05, 3.63) is 16.5 Å². The van der Waals surface area contributed by atoms with Gasteiger partial charge in [0, 0.05) is 29.9 Å². The first kappa shape index (κ1) is 19.4. The zero-order valence-corrected chi connectivity index (χ0v) is 16.1. The zero-order valence-electron chi connectivity index (χ0n) is 15.3. The van der Waals surface area contributed by atoms with Crippen LogP contribution in [0, 0.1) is 12.3 Å². The third-order valence-corrected chi connectivity index (χ3v) is 5.10. The molecule has 138 valence electrons. The van der Waals surface area contributed by atoms with E-state index in [9.17, 15) is 14.4 Å². The number of rotatable bonds is 3. The Bertz CT molecular complexity index is 693. The fourth-order valence-electron chi connectivity index (χ4n) is 2.72. The Morgan fingerprint density at radius 2 is 1.96 bits per heavy atom. The van der Waals surface area contributed by atoms with Crippen molar-refractivity contribution in [2.45, 2.75) is 46.2 Å². The highest BCUT2D eigenvalue weighted by Crippen LogP contribution is 2.32. The smallest absolute Gasteiger partial charge is 0.257 e. The van der Waals surface area contributed by atoms with Crippen LogP contribution in [-0.4, -0.2) is 48.3 Å². The van der Waals surface area contributed by atoms with Crippen LogP contribution >= 0.6 is 11.3 Å². The van der Waals surface area contributed by atoms with Crippen LogP contribution in [0.3, 0.4) is 0 Å². The number of carbonyl (C=O) groups is 3. The van der Waals surface area contributed by atoms with E-state index in [1.54, 1.807) is 13.1 Å². The summed E-state index contributed by atoms with van der Waals surface area (Å²) in [5.74, 6) is -0.673. The molecule has 3 amide bonds. The van der Waals surface area contributed by atoms with Crippen LogP contribution in [0.5, 0.6) is 0 Å². The van der Waals surface area contributed by atoms with Crippen molar-refractivity contribution < 1.29 is 14.4 Å². The van der Waals surface area contributed by atoms with Crippen molar-refractivity contribution in [3.8, 4) is 0 Å². The number of anilines is 1. The van der Waals surface area contributed by atoms with E-state index >= 15 is 0 Å². The summed E-state index contributed by atoms with van der Waals surface area (Å²) < 4.78 is 0. The van der Waals surface area contributed by atoms with Gasteiger partial charge in [-0.05, 0) is 19.4 Å². The van der Waals surface area contributed by atoms with Crippen LogP contribution in [0.15, 0.2) is 6.07 Å². The fraction of sp³-hybridized carbons (Fsp3) is 0.588. The van der Waals surface area contributed by atoms with Gasteiger partial charge in [0.25, 0.3) is 5.91 Å². The number of thiophene rings is 1. The zero-order chi connectivity index (χ0) is 18.9. The molecule has 0 bridgehead atoms. The summed E-state index contributed by atoms with van der Waals surface area (Å²) in [5, 5.41) is 5.94. The van der Waals surface area contributed by atoms with Gasteiger partial charge in [-0.1, -0.05) is 20.8 Å². The van der Waals surface area contributed by atoms with Gasteiger partial charge in [0.05, 0.1) is 5.56 Å². The minimum absolute atomic E-state index is 0.163. The SMILES string of the molecule is CNC(=O)[C@@H]1C[C@H](N)CN1C(=O)c1cc(C)sc1NC(=O)C(C)(C)C. The van der Waals surface area contributed by atoms with E-state index in [4.69, 9.17) is 5.73 Å². The first-order valence-corrected chi connectivity index (χ1v) is 9.06. The number of nitrogens with one attached hydrogen (secondary N) is 2. The molecule has 1 aliphatic heterocycles. The van der Waals surface area contributed by atoms with Crippen LogP contribution in [0.25, 0.3) is 0 Å². The highest BCUT2D eigenvalue weighted by Gasteiger charge is 2.39. The van der Waals surface area contributed by atoms with Crippen molar-refractivity contribution in [2.24, 2.45) is 11.1 Å². The van der Waals surface area contributed by atoms with Crippen molar-refractivity contribution in [1.82, 2.24) is 10.2 Å². The second-order valence-corrected chi connectivity index (χ2v) is 8.64. The lowest BCUT2D eigenvalue weighted by Gasteiger charge is -2.24. The summed E-state index contributed by atoms with van der Waals surface area (Å²) in [7, 11) is 1.54. The van der Waals surface area contributed by atoms with E-state index in [1.165, 1.54) is 16.2 Å². The van der Waals surface area contributed by atoms with Gasteiger partial charge >= 0.3 is 0 Å². The van der Waals surface area contributed by atoms with Crippen LogP contribution in [0.2, 0.25) is 0 Å². The van der Waals surface area contributed by atoms with Gasteiger partial charge in [0.1, 0.15) is 11.0 Å². The lowest BCUT2D eigenvalue weighted by molar-refractivity contribution is -0.124. The predicted octanol–water partition coefficient (Wildman–Crippen LogP) is 1.33. The van der Waals surface area contributed by atoms with Gasteiger partial charge in [0.2, 0.25) is 11.8 Å². The summed E-state index contributed by atoms with van der Waals surface area (Å²) in [4.78, 5) is 39.8. The number of hydrogen-bond acceptors (Lipinski definition) is 5. The van der Waals surface area contributed by atoms with E-state index in [0.717, 1.165) is 4.88 Å². The molecule has 2 heterocycles. The molecule has 25 heavy (non-hydrogen) atoms. The first-order chi connectivity index (χ1) is 11.5. The quantitative estimate of drug-likeness (QED) is 0.750. The van der Waals surface area contributed by atoms with Crippen molar-refractivity contribution in [3.63, 3.8) is 0 Å². The van der Waals surface area contributed by atoms with E-state index in [1.807, 2.05) is 27.7 Å². The van der Waals surface area contributed by atoms with Gasteiger partial charge in [-0.25, -0.2) is 0 Å². The highest BCUT2D eigenvalue weighted by atomic mass is 32.1. The molecule has 0 spiro atoms. The molecule has 7 nitrogen and oxygen atoms in total. The van der Waals surface area contributed by atoms with Gasteiger partial charge in [-0.15, -0.1) is 11.3 Å². The molecule has 1 aromatic rings. The molecule has 1 aliphatic rings.